The third-order valence-electron chi connectivity index (χ3n) is 2.01. The van der Waals surface area contributed by atoms with Gasteiger partial charge in [0.25, 0.3) is 0 Å². The first-order valence-corrected chi connectivity index (χ1v) is 4.48. The van der Waals surface area contributed by atoms with E-state index < -0.39 is 12.3 Å². The van der Waals surface area contributed by atoms with Crippen LogP contribution >= 0.6 is 11.6 Å². The van der Waals surface area contributed by atoms with Crippen molar-refractivity contribution in [3.8, 4) is 0 Å². The van der Waals surface area contributed by atoms with Crippen molar-refractivity contribution in [1.82, 2.24) is 9.78 Å². The van der Waals surface area contributed by atoms with E-state index in [1.165, 1.54) is 14.2 Å². The van der Waals surface area contributed by atoms with Gasteiger partial charge < -0.3 is 15.2 Å². The van der Waals surface area contributed by atoms with E-state index in [1.54, 1.807) is 17.9 Å². The lowest BCUT2D eigenvalue weighted by Gasteiger charge is -2.21. The molecule has 0 amide bonds. The maximum absolute atomic E-state index is 5.92. The molecule has 0 aliphatic heterocycles. The third-order valence-corrected chi connectivity index (χ3v) is 2.30. The zero-order valence-corrected chi connectivity index (χ0v) is 9.15. The van der Waals surface area contributed by atoms with Crippen molar-refractivity contribution >= 4 is 11.6 Å². The summed E-state index contributed by atoms with van der Waals surface area (Å²) in [5, 5.41) is 4.49. The summed E-state index contributed by atoms with van der Waals surface area (Å²) in [6.45, 7) is 0. The predicted octanol–water partition coefficient (Wildman–Crippen LogP) is 0.692. The maximum Gasteiger partial charge on any atom is 0.177 e. The molecule has 0 saturated carbocycles. The van der Waals surface area contributed by atoms with Crippen LogP contribution in [-0.4, -0.2) is 30.3 Å². The lowest BCUT2D eigenvalue weighted by atomic mass is 10.2. The van der Waals surface area contributed by atoms with E-state index in [2.05, 4.69) is 5.10 Å². The van der Waals surface area contributed by atoms with Crippen molar-refractivity contribution in [2.75, 3.05) is 14.2 Å². The molecule has 0 aromatic carbocycles. The van der Waals surface area contributed by atoms with Gasteiger partial charge in [0, 0.05) is 21.3 Å². The normalized spacial score (nSPS) is 13.6. The van der Waals surface area contributed by atoms with Crippen LogP contribution in [0.3, 0.4) is 0 Å². The van der Waals surface area contributed by atoms with Gasteiger partial charge in [0.05, 0.1) is 23.0 Å². The summed E-state index contributed by atoms with van der Waals surface area (Å²) in [4.78, 5) is 0. The average Bonchev–Trinajstić information content (AvgIpc) is 2.48. The van der Waals surface area contributed by atoms with E-state index in [4.69, 9.17) is 26.8 Å². The van der Waals surface area contributed by atoms with Gasteiger partial charge in [-0.15, -0.1) is 0 Å². The van der Waals surface area contributed by atoms with E-state index >= 15 is 0 Å². The van der Waals surface area contributed by atoms with Crippen molar-refractivity contribution in [3.63, 3.8) is 0 Å². The fourth-order valence-corrected chi connectivity index (χ4v) is 1.61. The summed E-state index contributed by atoms with van der Waals surface area (Å²) in [6, 6.07) is -0.454. The summed E-state index contributed by atoms with van der Waals surface area (Å²) >= 11 is 5.92. The van der Waals surface area contributed by atoms with Crippen LogP contribution in [0, 0.1) is 0 Å². The molecule has 0 aliphatic carbocycles. The minimum absolute atomic E-state index is 0.454. The fraction of sp³-hybridized carbons (Fsp3) is 0.625. The van der Waals surface area contributed by atoms with Crippen LogP contribution in [-0.2, 0) is 16.5 Å². The first-order valence-electron chi connectivity index (χ1n) is 4.10. The van der Waals surface area contributed by atoms with Crippen LogP contribution in [0.4, 0.5) is 0 Å². The first kappa shape index (κ1) is 11.5. The van der Waals surface area contributed by atoms with Crippen molar-refractivity contribution in [2.24, 2.45) is 12.8 Å². The van der Waals surface area contributed by atoms with Gasteiger partial charge >= 0.3 is 0 Å². The minimum Gasteiger partial charge on any atom is -0.354 e. The molecule has 1 aromatic heterocycles. The van der Waals surface area contributed by atoms with E-state index in [9.17, 15) is 0 Å². The van der Waals surface area contributed by atoms with Crippen molar-refractivity contribution in [1.29, 1.82) is 0 Å². The molecule has 0 bridgehead atoms. The monoisotopic (exact) mass is 219 g/mol. The Balaban J connectivity index is 2.92. The van der Waals surface area contributed by atoms with Gasteiger partial charge in [0.1, 0.15) is 0 Å². The van der Waals surface area contributed by atoms with Crippen LogP contribution in [0.5, 0.6) is 0 Å². The second-order valence-corrected chi connectivity index (χ2v) is 3.27. The standard InChI is InChI=1S/C8H14ClN3O2/c1-12-7(5(9)4-11-12)6(10)8(13-2)14-3/h4,6,8H,10H2,1-3H3. The molecule has 80 valence electrons. The third kappa shape index (κ3) is 2.06. The van der Waals surface area contributed by atoms with Gasteiger partial charge in [0.2, 0.25) is 0 Å². The Bertz CT molecular complexity index is 279. The largest absolute Gasteiger partial charge is 0.354 e. The highest BCUT2D eigenvalue weighted by atomic mass is 35.5. The Morgan fingerprint density at radius 1 is 1.50 bits per heavy atom. The molecule has 0 fully saturated rings. The Labute approximate surface area is 87.7 Å². The van der Waals surface area contributed by atoms with Crippen molar-refractivity contribution < 1.29 is 9.47 Å². The molecule has 0 radical (unpaired) electrons. The van der Waals surface area contributed by atoms with Gasteiger partial charge in [-0.1, -0.05) is 11.6 Å². The second-order valence-electron chi connectivity index (χ2n) is 2.87. The molecule has 0 spiro atoms. The number of hydrogen-bond donors (Lipinski definition) is 1. The number of nitrogens with zero attached hydrogens (tertiary/aromatic N) is 2. The molecule has 5 nitrogen and oxygen atoms in total. The summed E-state index contributed by atoms with van der Waals surface area (Å²) in [5.41, 5.74) is 6.61. The molecule has 1 unspecified atom stereocenters. The maximum atomic E-state index is 5.92. The van der Waals surface area contributed by atoms with Crippen molar-refractivity contribution in [3.05, 3.63) is 16.9 Å². The zero-order chi connectivity index (χ0) is 10.7. The molecule has 6 heteroatoms. The van der Waals surface area contributed by atoms with Crippen LogP contribution in [0.1, 0.15) is 11.7 Å². The molecule has 14 heavy (non-hydrogen) atoms. The minimum atomic E-state index is -0.525. The highest BCUT2D eigenvalue weighted by Crippen LogP contribution is 2.23. The lowest BCUT2D eigenvalue weighted by molar-refractivity contribution is -0.118. The summed E-state index contributed by atoms with van der Waals surface area (Å²) in [7, 11) is 4.82. The number of halogens is 1. The van der Waals surface area contributed by atoms with Gasteiger partial charge in [-0.25, -0.2) is 0 Å². The number of aryl methyl sites for hydroxylation is 1. The average molecular weight is 220 g/mol. The predicted molar refractivity (Wildman–Crippen MR) is 53.0 cm³/mol. The summed E-state index contributed by atoms with van der Waals surface area (Å²) in [6.07, 6.45) is 1.02. The number of nitrogens with two attached hydrogens (primary N) is 1. The van der Waals surface area contributed by atoms with Gasteiger partial charge in [-0.05, 0) is 0 Å². The van der Waals surface area contributed by atoms with Gasteiger partial charge in [-0.2, -0.15) is 5.10 Å². The topological polar surface area (TPSA) is 62.3 Å². The summed E-state index contributed by atoms with van der Waals surface area (Å²) < 4.78 is 11.7. The molecular weight excluding hydrogens is 206 g/mol. The van der Waals surface area contributed by atoms with E-state index in [0.717, 1.165) is 0 Å². The number of aromatic nitrogens is 2. The Kier molecular flexibility index (Phi) is 3.88. The molecule has 1 heterocycles. The fourth-order valence-electron chi connectivity index (χ4n) is 1.31. The Hall–Kier alpha value is -0.620. The highest BCUT2D eigenvalue weighted by molar-refractivity contribution is 6.31. The highest BCUT2D eigenvalue weighted by Gasteiger charge is 2.24. The molecule has 1 atom stereocenters. The molecular formula is C8H14ClN3O2. The van der Waals surface area contributed by atoms with E-state index in [1.807, 2.05) is 0 Å². The van der Waals surface area contributed by atoms with Crippen LogP contribution in [0.2, 0.25) is 5.02 Å². The Morgan fingerprint density at radius 2 is 2.07 bits per heavy atom. The number of hydrogen-bond acceptors (Lipinski definition) is 4. The van der Waals surface area contributed by atoms with E-state index in [-0.39, 0.29) is 0 Å². The van der Waals surface area contributed by atoms with Crippen LogP contribution in [0.15, 0.2) is 6.20 Å². The number of ether oxygens (including phenoxy) is 2. The van der Waals surface area contributed by atoms with Crippen LogP contribution in [0.25, 0.3) is 0 Å². The molecule has 1 rings (SSSR count). The molecule has 0 saturated heterocycles. The number of rotatable bonds is 4. The van der Waals surface area contributed by atoms with Gasteiger partial charge in [-0.3, -0.25) is 4.68 Å². The molecule has 2 N–H and O–H groups in total. The first-order chi connectivity index (χ1) is 6.61. The quantitative estimate of drug-likeness (QED) is 0.757. The van der Waals surface area contributed by atoms with Crippen molar-refractivity contribution in [2.45, 2.75) is 12.3 Å². The second kappa shape index (κ2) is 4.75. The van der Waals surface area contributed by atoms with Crippen LogP contribution < -0.4 is 5.73 Å². The smallest absolute Gasteiger partial charge is 0.177 e. The zero-order valence-electron chi connectivity index (χ0n) is 8.40. The summed E-state index contributed by atoms with van der Waals surface area (Å²) in [5.74, 6) is 0. The van der Waals surface area contributed by atoms with Gasteiger partial charge in [0.15, 0.2) is 6.29 Å². The lowest BCUT2D eigenvalue weighted by Crippen LogP contribution is -2.31. The molecule has 0 aliphatic rings. The molecule has 1 aromatic rings. The van der Waals surface area contributed by atoms with E-state index in [0.29, 0.717) is 10.7 Å². The Morgan fingerprint density at radius 3 is 2.43 bits per heavy atom. The SMILES string of the molecule is COC(OC)C(N)c1c(Cl)cnn1C. The number of methoxy groups -OCH3 is 2.